The largest absolute Gasteiger partial charge is 0.328 e. The maximum absolute atomic E-state index is 12.6. The molecular formula is C46H33N5O. The molecule has 7 aromatic carbocycles. The van der Waals surface area contributed by atoms with Crippen LogP contribution in [0.5, 0.6) is 0 Å². The molecular weight excluding hydrogens is 639 g/mol. The molecule has 2 heterocycles. The van der Waals surface area contributed by atoms with Crippen LogP contribution in [-0.2, 0) is 14.1 Å². The number of fused-ring (bicyclic) bond motifs is 2. The van der Waals surface area contributed by atoms with Crippen LogP contribution < -0.4 is 5.69 Å². The van der Waals surface area contributed by atoms with Gasteiger partial charge in [-0.2, -0.15) is 0 Å². The van der Waals surface area contributed by atoms with E-state index >= 15 is 0 Å². The summed E-state index contributed by atoms with van der Waals surface area (Å²) in [7, 11) is 3.64. The van der Waals surface area contributed by atoms with Gasteiger partial charge >= 0.3 is 5.69 Å². The van der Waals surface area contributed by atoms with Crippen molar-refractivity contribution in [1.29, 1.82) is 0 Å². The van der Waals surface area contributed by atoms with E-state index in [9.17, 15) is 4.79 Å². The average Bonchev–Trinajstić information content (AvgIpc) is 3.43. The molecule has 9 rings (SSSR count). The predicted molar refractivity (Wildman–Crippen MR) is 212 cm³/mol. The third-order valence-electron chi connectivity index (χ3n) is 9.88. The molecule has 248 valence electrons. The zero-order chi connectivity index (χ0) is 35.2. The molecule has 0 bridgehead atoms. The van der Waals surface area contributed by atoms with E-state index in [0.29, 0.717) is 17.5 Å². The lowest BCUT2D eigenvalue weighted by Crippen LogP contribution is -2.19. The van der Waals surface area contributed by atoms with E-state index in [2.05, 4.69) is 97.1 Å². The molecule has 9 aromatic rings. The molecule has 0 saturated heterocycles. The molecule has 0 aliphatic rings. The highest BCUT2D eigenvalue weighted by Gasteiger charge is 2.15. The van der Waals surface area contributed by atoms with E-state index in [4.69, 9.17) is 15.0 Å². The quantitative estimate of drug-likeness (QED) is 0.177. The van der Waals surface area contributed by atoms with Crippen LogP contribution in [-0.4, -0.2) is 24.1 Å². The highest BCUT2D eigenvalue weighted by molar-refractivity contribution is 6.05. The van der Waals surface area contributed by atoms with Gasteiger partial charge in [0.25, 0.3) is 0 Å². The minimum Gasteiger partial charge on any atom is -0.295 e. The van der Waals surface area contributed by atoms with Crippen molar-refractivity contribution in [2.75, 3.05) is 0 Å². The number of nitrogens with zero attached hydrogens (tertiary/aromatic N) is 5. The van der Waals surface area contributed by atoms with Crippen molar-refractivity contribution in [3.05, 3.63) is 174 Å². The molecule has 52 heavy (non-hydrogen) atoms. The van der Waals surface area contributed by atoms with E-state index in [1.54, 1.807) is 9.13 Å². The SMILES string of the molecule is Cn1c(=O)n(C)c2cc(-c3ccc(-c4ccc(-c5ccc(-c6nc(-c7ccccc7)nc(-c7ccccc7)n6)cc5)cc4)c4ccccc34)ccc21. The molecule has 6 nitrogen and oxygen atoms in total. The smallest absolute Gasteiger partial charge is 0.295 e. The van der Waals surface area contributed by atoms with Crippen molar-refractivity contribution in [1.82, 2.24) is 24.1 Å². The first-order valence-electron chi connectivity index (χ1n) is 17.3. The molecule has 0 aliphatic carbocycles. The van der Waals surface area contributed by atoms with Crippen molar-refractivity contribution < 1.29 is 0 Å². The Labute approximate surface area is 301 Å². The number of rotatable bonds is 6. The second-order valence-corrected chi connectivity index (χ2v) is 13.0. The molecule has 0 spiro atoms. The van der Waals surface area contributed by atoms with Crippen LogP contribution in [0.15, 0.2) is 169 Å². The summed E-state index contributed by atoms with van der Waals surface area (Å²) < 4.78 is 3.40. The first-order chi connectivity index (χ1) is 25.5. The second kappa shape index (κ2) is 12.8. The topological polar surface area (TPSA) is 65.6 Å². The summed E-state index contributed by atoms with van der Waals surface area (Å²) in [6, 6.07) is 56.4. The van der Waals surface area contributed by atoms with Gasteiger partial charge in [0, 0.05) is 30.8 Å². The van der Waals surface area contributed by atoms with Gasteiger partial charge in [0.1, 0.15) is 0 Å². The lowest BCUT2D eigenvalue weighted by molar-refractivity contribution is 0.795. The van der Waals surface area contributed by atoms with E-state index in [1.807, 2.05) is 80.8 Å². The number of aryl methyl sites for hydroxylation is 2. The van der Waals surface area contributed by atoms with Crippen molar-refractivity contribution in [3.63, 3.8) is 0 Å². The summed E-state index contributed by atoms with van der Waals surface area (Å²) in [5.74, 6) is 1.93. The van der Waals surface area contributed by atoms with Crippen LogP contribution in [0.4, 0.5) is 0 Å². The highest BCUT2D eigenvalue weighted by Crippen LogP contribution is 2.37. The minimum absolute atomic E-state index is 0.0237. The minimum atomic E-state index is -0.0237. The Morgan fingerprint density at radius 1 is 0.365 bits per heavy atom. The summed E-state index contributed by atoms with van der Waals surface area (Å²) in [6.07, 6.45) is 0. The maximum atomic E-state index is 12.6. The van der Waals surface area contributed by atoms with E-state index in [1.165, 1.54) is 16.3 Å². The van der Waals surface area contributed by atoms with Crippen molar-refractivity contribution in [3.8, 4) is 67.5 Å². The number of hydrogen-bond donors (Lipinski definition) is 0. The third-order valence-corrected chi connectivity index (χ3v) is 9.88. The zero-order valence-electron chi connectivity index (χ0n) is 28.7. The Bertz CT molecular complexity index is 2740. The number of aromatic nitrogens is 5. The maximum Gasteiger partial charge on any atom is 0.328 e. The van der Waals surface area contributed by atoms with E-state index in [-0.39, 0.29) is 5.69 Å². The molecule has 2 aromatic heterocycles. The lowest BCUT2D eigenvalue weighted by Gasteiger charge is -2.13. The summed E-state index contributed by atoms with van der Waals surface area (Å²) in [4.78, 5) is 27.2. The first-order valence-corrected chi connectivity index (χ1v) is 17.3. The van der Waals surface area contributed by atoms with Crippen LogP contribution in [0.1, 0.15) is 0 Å². The molecule has 6 heteroatoms. The van der Waals surface area contributed by atoms with Crippen molar-refractivity contribution in [2.24, 2.45) is 14.1 Å². The van der Waals surface area contributed by atoms with Crippen LogP contribution in [0.25, 0.3) is 89.4 Å². The fraction of sp³-hybridized carbons (Fsp3) is 0.0435. The van der Waals surface area contributed by atoms with Crippen molar-refractivity contribution in [2.45, 2.75) is 0 Å². The van der Waals surface area contributed by atoms with E-state index < -0.39 is 0 Å². The number of hydrogen-bond acceptors (Lipinski definition) is 4. The molecule has 0 fully saturated rings. The fourth-order valence-corrected chi connectivity index (χ4v) is 7.07. The zero-order valence-corrected chi connectivity index (χ0v) is 28.7. The van der Waals surface area contributed by atoms with Gasteiger partial charge in [-0.25, -0.2) is 19.7 Å². The molecule has 0 N–H and O–H groups in total. The van der Waals surface area contributed by atoms with Gasteiger partial charge in [0.15, 0.2) is 17.5 Å². The Morgan fingerprint density at radius 3 is 1.27 bits per heavy atom. The normalized spacial score (nSPS) is 11.3. The third kappa shape index (κ3) is 5.47. The Kier molecular flexibility index (Phi) is 7.63. The number of imidazole rings is 1. The first kappa shape index (κ1) is 31.1. The summed E-state index contributed by atoms with van der Waals surface area (Å²) in [6.45, 7) is 0. The molecule has 0 unspecified atom stereocenters. The van der Waals surface area contributed by atoms with Gasteiger partial charge in [-0.3, -0.25) is 9.13 Å². The highest BCUT2D eigenvalue weighted by atomic mass is 16.1. The number of benzene rings is 7. The summed E-state index contributed by atoms with van der Waals surface area (Å²) in [5.41, 5.74) is 11.4. The second-order valence-electron chi connectivity index (χ2n) is 13.0. The van der Waals surface area contributed by atoms with Crippen LogP contribution in [0.2, 0.25) is 0 Å². The van der Waals surface area contributed by atoms with Gasteiger partial charge < -0.3 is 0 Å². The Hall–Kier alpha value is -6.92. The molecule has 0 saturated carbocycles. The Balaban J connectivity index is 1.03. The van der Waals surface area contributed by atoms with Gasteiger partial charge in [0.05, 0.1) is 11.0 Å². The monoisotopic (exact) mass is 671 g/mol. The van der Waals surface area contributed by atoms with Crippen LogP contribution in [0, 0.1) is 0 Å². The molecule has 0 radical (unpaired) electrons. The molecule has 0 atom stereocenters. The van der Waals surface area contributed by atoms with Gasteiger partial charge in [-0.15, -0.1) is 0 Å². The average molecular weight is 672 g/mol. The van der Waals surface area contributed by atoms with Gasteiger partial charge in [-0.1, -0.05) is 152 Å². The van der Waals surface area contributed by atoms with Crippen LogP contribution >= 0.6 is 0 Å². The standard InChI is InChI=1S/C46H33N5O/c1-50-41-28-25-36(29-42(41)51(2)46(50)52)38-27-26-37(39-15-9-10-16-40(38)39)32-21-17-30(18-22-32)31-19-23-35(24-20-31)45-48-43(33-11-5-3-6-12-33)47-44(49-45)34-13-7-4-8-14-34/h3-29H,1-2H3. The molecule has 0 amide bonds. The predicted octanol–water partition coefficient (Wildman–Crippen LogP) is 10.2. The van der Waals surface area contributed by atoms with Crippen molar-refractivity contribution >= 4 is 21.8 Å². The van der Waals surface area contributed by atoms with Gasteiger partial charge in [-0.05, 0) is 56.3 Å². The lowest BCUT2D eigenvalue weighted by atomic mass is 9.91. The van der Waals surface area contributed by atoms with E-state index in [0.717, 1.165) is 55.5 Å². The fourth-order valence-electron chi connectivity index (χ4n) is 7.07. The Morgan fingerprint density at radius 2 is 0.750 bits per heavy atom. The molecule has 0 aliphatic heterocycles. The summed E-state index contributed by atoms with van der Waals surface area (Å²) in [5, 5.41) is 2.35. The van der Waals surface area contributed by atoms with Crippen LogP contribution in [0.3, 0.4) is 0 Å². The van der Waals surface area contributed by atoms with Gasteiger partial charge in [0.2, 0.25) is 0 Å². The summed E-state index contributed by atoms with van der Waals surface area (Å²) >= 11 is 0.